The molecule has 1 aliphatic heterocycles. The van der Waals surface area contributed by atoms with Crippen LogP contribution >= 0.6 is 0 Å². The topological polar surface area (TPSA) is 126 Å². The molecule has 0 radical (unpaired) electrons. The first-order chi connectivity index (χ1) is 14.1. The molecule has 144 valence electrons. The van der Waals surface area contributed by atoms with Gasteiger partial charge in [0.25, 0.3) is 17.8 Å². The van der Waals surface area contributed by atoms with Gasteiger partial charge >= 0.3 is 0 Å². The lowest BCUT2D eigenvalue weighted by Crippen LogP contribution is -2.29. The Balaban J connectivity index is 1.70. The Morgan fingerprint density at radius 2 is 1.86 bits per heavy atom. The zero-order chi connectivity index (χ0) is 20.2. The Hall–Kier alpha value is -4.20. The number of benzodiazepines with no additional fused rings is 1. The van der Waals surface area contributed by atoms with Gasteiger partial charge in [0.2, 0.25) is 6.17 Å². The van der Waals surface area contributed by atoms with Crippen molar-refractivity contribution in [2.45, 2.75) is 6.17 Å². The van der Waals surface area contributed by atoms with E-state index in [1.165, 1.54) is 6.26 Å². The first-order valence-electron chi connectivity index (χ1n) is 8.79. The van der Waals surface area contributed by atoms with E-state index >= 15 is 0 Å². The Kier molecular flexibility index (Phi) is 4.90. The molecular formula is C21H17N5O3. The van der Waals surface area contributed by atoms with Crippen LogP contribution in [0.5, 0.6) is 0 Å². The molecule has 1 unspecified atom stereocenters. The lowest BCUT2D eigenvalue weighted by atomic mass is 10.0. The van der Waals surface area contributed by atoms with Crippen LogP contribution in [0.1, 0.15) is 16.9 Å². The number of amidine groups is 1. The largest absolute Gasteiger partial charge is 0.459 e. The minimum Gasteiger partial charge on any atom is -0.459 e. The van der Waals surface area contributed by atoms with Gasteiger partial charge in [-0.1, -0.05) is 48.5 Å². The van der Waals surface area contributed by atoms with Gasteiger partial charge < -0.3 is 20.2 Å². The maximum atomic E-state index is 12.7. The molecule has 3 aromatic rings. The van der Waals surface area contributed by atoms with Gasteiger partial charge in [-0.05, 0) is 18.2 Å². The zero-order valence-corrected chi connectivity index (χ0v) is 15.2. The van der Waals surface area contributed by atoms with E-state index in [-0.39, 0.29) is 17.7 Å². The smallest absolute Gasteiger partial charge is 0.291 e. The summed E-state index contributed by atoms with van der Waals surface area (Å²) in [5, 5.41) is 10.7. The van der Waals surface area contributed by atoms with E-state index in [9.17, 15) is 4.79 Å². The van der Waals surface area contributed by atoms with Crippen molar-refractivity contribution in [3.63, 3.8) is 0 Å². The number of fused-ring (bicyclic) bond motifs is 1. The fourth-order valence-electron chi connectivity index (χ4n) is 2.87. The fourth-order valence-corrected chi connectivity index (χ4v) is 2.87. The summed E-state index contributed by atoms with van der Waals surface area (Å²) in [5.41, 5.74) is 8.64. The molecule has 29 heavy (non-hydrogen) atoms. The molecule has 2 aromatic carbocycles. The van der Waals surface area contributed by atoms with Crippen molar-refractivity contribution in [2.75, 3.05) is 5.32 Å². The molecule has 4 N–H and O–H groups in total. The third-order valence-corrected chi connectivity index (χ3v) is 4.17. The van der Waals surface area contributed by atoms with Crippen molar-refractivity contribution in [3.8, 4) is 0 Å². The van der Waals surface area contributed by atoms with Crippen LogP contribution in [0.3, 0.4) is 0 Å². The van der Waals surface area contributed by atoms with Crippen molar-refractivity contribution in [2.24, 2.45) is 15.7 Å². The number of amides is 1. The Bertz CT molecular complexity index is 1100. The minimum atomic E-state index is -1.18. The number of hydrogen-bond acceptors (Lipinski definition) is 6. The quantitative estimate of drug-likeness (QED) is 0.472. The summed E-state index contributed by atoms with van der Waals surface area (Å²) >= 11 is 0. The molecule has 2 heterocycles. The number of nitrogens with two attached hydrogens (primary N) is 1. The van der Waals surface area contributed by atoms with Crippen LogP contribution in [0.25, 0.3) is 0 Å². The Morgan fingerprint density at radius 3 is 2.62 bits per heavy atom. The maximum absolute atomic E-state index is 12.7. The average molecular weight is 387 g/mol. The first kappa shape index (κ1) is 18.2. The van der Waals surface area contributed by atoms with Crippen LogP contribution in [0.2, 0.25) is 0 Å². The Morgan fingerprint density at radius 1 is 1.10 bits per heavy atom. The molecule has 0 saturated heterocycles. The fraction of sp³-hybridized carbons (Fsp3) is 0.0476. The van der Waals surface area contributed by atoms with Crippen LogP contribution in [-0.2, 0) is 9.53 Å². The van der Waals surface area contributed by atoms with Gasteiger partial charge in [0, 0.05) is 11.1 Å². The number of nitrogens with zero attached hydrogens (tertiary/aromatic N) is 2. The van der Waals surface area contributed by atoms with Crippen LogP contribution in [0.15, 0.2) is 87.4 Å². The number of anilines is 1. The standard InChI is InChI=1S/C21H17N5O3/c22-18(16-11-6-12-28-16)29-21(23)26-19-20(27)24-15-10-5-4-9-14(15)17(25-19)13-7-2-1-3-8-13/h1-12,19,22H,(H2,23,26)(H,24,27). The number of carbonyl (C=O) groups is 1. The van der Waals surface area contributed by atoms with Gasteiger partial charge in [-0.15, -0.1) is 0 Å². The summed E-state index contributed by atoms with van der Waals surface area (Å²) in [6, 6.07) is 19.7. The maximum Gasteiger partial charge on any atom is 0.291 e. The molecule has 1 aliphatic rings. The summed E-state index contributed by atoms with van der Waals surface area (Å²) in [6.45, 7) is 0. The van der Waals surface area contributed by atoms with Crippen LogP contribution in [0.4, 0.5) is 5.69 Å². The molecule has 0 saturated carbocycles. The van der Waals surface area contributed by atoms with E-state index in [4.69, 9.17) is 20.3 Å². The van der Waals surface area contributed by atoms with E-state index in [2.05, 4.69) is 15.3 Å². The monoisotopic (exact) mass is 387 g/mol. The van der Waals surface area contributed by atoms with Gasteiger partial charge in [-0.3, -0.25) is 10.2 Å². The highest BCUT2D eigenvalue weighted by atomic mass is 16.5. The third-order valence-electron chi connectivity index (χ3n) is 4.17. The molecule has 0 aliphatic carbocycles. The van der Waals surface area contributed by atoms with Crippen molar-refractivity contribution in [1.29, 1.82) is 5.41 Å². The number of hydrogen-bond donors (Lipinski definition) is 3. The normalized spacial score (nSPS) is 16.3. The van der Waals surface area contributed by atoms with Crippen molar-refractivity contribution in [1.82, 2.24) is 0 Å². The molecule has 1 aromatic heterocycles. The van der Waals surface area contributed by atoms with Crippen LogP contribution < -0.4 is 11.1 Å². The van der Waals surface area contributed by atoms with Gasteiger partial charge in [-0.25, -0.2) is 4.99 Å². The predicted octanol–water partition coefficient (Wildman–Crippen LogP) is 2.75. The average Bonchev–Trinajstić information content (AvgIpc) is 3.23. The minimum absolute atomic E-state index is 0.189. The first-order valence-corrected chi connectivity index (χ1v) is 8.79. The number of para-hydroxylation sites is 1. The second kappa shape index (κ2) is 7.81. The highest BCUT2D eigenvalue weighted by molar-refractivity contribution is 6.19. The molecule has 0 bridgehead atoms. The highest BCUT2D eigenvalue weighted by Crippen LogP contribution is 2.24. The predicted molar refractivity (Wildman–Crippen MR) is 109 cm³/mol. The SMILES string of the molecule is N=C(O/C(N)=N/C1N=C(c2ccccc2)c2ccccc2NC1=O)c1ccco1. The summed E-state index contributed by atoms with van der Waals surface area (Å²) in [4.78, 5) is 21.3. The van der Waals surface area contributed by atoms with E-state index in [1.54, 1.807) is 18.2 Å². The lowest BCUT2D eigenvalue weighted by molar-refractivity contribution is -0.117. The van der Waals surface area contributed by atoms with E-state index in [0.717, 1.165) is 11.1 Å². The molecule has 0 fully saturated rings. The Labute approximate surface area is 166 Å². The van der Waals surface area contributed by atoms with E-state index in [1.807, 2.05) is 48.5 Å². The second-order valence-electron chi connectivity index (χ2n) is 6.13. The number of rotatable bonds is 3. The third kappa shape index (κ3) is 3.91. The molecule has 0 spiro atoms. The summed E-state index contributed by atoms with van der Waals surface area (Å²) < 4.78 is 10.3. The van der Waals surface area contributed by atoms with E-state index < -0.39 is 12.1 Å². The lowest BCUT2D eigenvalue weighted by Gasteiger charge is -2.09. The second-order valence-corrected chi connectivity index (χ2v) is 6.13. The zero-order valence-electron chi connectivity index (χ0n) is 15.2. The number of benzene rings is 2. The van der Waals surface area contributed by atoms with Crippen molar-refractivity contribution < 1.29 is 13.9 Å². The molecule has 1 atom stereocenters. The summed E-state index contributed by atoms with van der Waals surface area (Å²) in [6.07, 6.45) is 0.231. The van der Waals surface area contributed by atoms with Gasteiger partial charge in [0.1, 0.15) is 0 Å². The van der Waals surface area contributed by atoms with Crippen LogP contribution in [-0.4, -0.2) is 29.7 Å². The molecule has 8 nitrogen and oxygen atoms in total. The van der Waals surface area contributed by atoms with Crippen LogP contribution in [0, 0.1) is 5.41 Å². The summed E-state index contributed by atoms with van der Waals surface area (Å²) in [5.74, 6) is -0.588. The highest BCUT2D eigenvalue weighted by Gasteiger charge is 2.26. The van der Waals surface area contributed by atoms with Gasteiger partial charge in [0.15, 0.2) is 5.76 Å². The number of furan rings is 1. The molecule has 8 heteroatoms. The number of carbonyl (C=O) groups excluding carboxylic acids is 1. The number of nitrogens with one attached hydrogen (secondary N) is 2. The van der Waals surface area contributed by atoms with Gasteiger partial charge in [0.05, 0.1) is 17.7 Å². The van der Waals surface area contributed by atoms with E-state index in [0.29, 0.717) is 11.4 Å². The molecular weight excluding hydrogens is 370 g/mol. The molecule has 1 amide bonds. The van der Waals surface area contributed by atoms with Crippen molar-refractivity contribution in [3.05, 3.63) is 89.9 Å². The summed E-state index contributed by atoms with van der Waals surface area (Å²) in [7, 11) is 0. The number of ether oxygens (including phenoxy) is 1. The molecule has 4 rings (SSSR count). The van der Waals surface area contributed by atoms with Crippen molar-refractivity contribution >= 4 is 29.2 Å². The number of aliphatic imine (C=N–C) groups is 2. The van der Waals surface area contributed by atoms with Gasteiger partial charge in [-0.2, -0.15) is 4.99 Å².